The number of amides is 3. The van der Waals surface area contributed by atoms with Gasteiger partial charge in [0.05, 0.1) is 0 Å². The lowest BCUT2D eigenvalue weighted by atomic mass is 10.1. The molecule has 4 N–H and O–H groups in total. The van der Waals surface area contributed by atoms with Gasteiger partial charge in [-0.1, -0.05) is 6.07 Å². The zero-order chi connectivity index (χ0) is 16.1. The Balaban J connectivity index is 0.00000264. The van der Waals surface area contributed by atoms with E-state index in [1.807, 2.05) is 6.92 Å². The van der Waals surface area contributed by atoms with Crippen molar-refractivity contribution in [2.24, 2.45) is 5.73 Å². The van der Waals surface area contributed by atoms with Gasteiger partial charge in [-0.05, 0) is 31.0 Å². The monoisotopic (exact) mass is 342 g/mol. The minimum absolute atomic E-state index is 0. The van der Waals surface area contributed by atoms with E-state index in [1.54, 1.807) is 23.1 Å². The van der Waals surface area contributed by atoms with Crippen LogP contribution in [0.2, 0.25) is 0 Å². The summed E-state index contributed by atoms with van der Waals surface area (Å²) in [6.45, 7) is 3.06. The molecule has 0 aromatic heterocycles. The fourth-order valence-electron chi connectivity index (χ4n) is 2.39. The van der Waals surface area contributed by atoms with Gasteiger partial charge in [-0.25, -0.2) is 4.79 Å². The second-order valence-corrected chi connectivity index (χ2v) is 5.38. The number of benzene rings is 1. The van der Waals surface area contributed by atoms with Gasteiger partial charge >= 0.3 is 6.03 Å². The predicted octanol–water partition coefficient (Wildman–Crippen LogP) is 1.57. The van der Waals surface area contributed by atoms with Crippen molar-refractivity contribution in [3.05, 3.63) is 23.8 Å². The van der Waals surface area contributed by atoms with E-state index in [0.29, 0.717) is 24.5 Å². The Hall–Kier alpha value is -1.83. The number of nitrogens with zero attached hydrogens (tertiary/aromatic N) is 1. The Kier molecular flexibility index (Phi) is 7.28. The molecule has 1 heterocycles. The molecular weight excluding hydrogens is 320 g/mol. The molecule has 7 nitrogen and oxygen atoms in total. The Morgan fingerprint density at radius 2 is 2.00 bits per heavy atom. The number of nitrogens with one attached hydrogen (secondary N) is 2. The SMILES string of the molecule is COCC(=O)Nc1cccc(NC(=O)N2CCC(N)C2)c1C.Cl. The fourth-order valence-corrected chi connectivity index (χ4v) is 2.39. The topological polar surface area (TPSA) is 96.7 Å². The standard InChI is InChI=1S/C15H22N4O3.ClH/c1-10-12(17-14(20)9-22-2)4-3-5-13(10)18-15(21)19-7-6-11(16)8-19;/h3-5,11H,6-9,16H2,1-2H3,(H,17,20)(H,18,21);1H. The highest BCUT2D eigenvalue weighted by Crippen LogP contribution is 2.24. The molecule has 0 radical (unpaired) electrons. The maximum atomic E-state index is 12.2. The summed E-state index contributed by atoms with van der Waals surface area (Å²) < 4.78 is 4.79. The molecule has 8 heteroatoms. The second kappa shape index (κ2) is 8.71. The zero-order valence-electron chi connectivity index (χ0n) is 13.3. The third-order valence-corrected chi connectivity index (χ3v) is 3.64. The first-order valence-corrected chi connectivity index (χ1v) is 7.21. The normalized spacial score (nSPS) is 16.7. The largest absolute Gasteiger partial charge is 0.375 e. The average Bonchev–Trinajstić information content (AvgIpc) is 2.90. The first-order chi connectivity index (χ1) is 10.5. The van der Waals surface area contributed by atoms with Crippen LogP contribution in [0.25, 0.3) is 0 Å². The van der Waals surface area contributed by atoms with Crippen LogP contribution in [0, 0.1) is 6.92 Å². The molecule has 1 aliphatic rings. The summed E-state index contributed by atoms with van der Waals surface area (Å²) in [4.78, 5) is 25.5. The summed E-state index contributed by atoms with van der Waals surface area (Å²) >= 11 is 0. The van der Waals surface area contributed by atoms with Crippen molar-refractivity contribution in [3.8, 4) is 0 Å². The van der Waals surface area contributed by atoms with Crippen molar-refractivity contribution in [3.63, 3.8) is 0 Å². The van der Waals surface area contributed by atoms with Gasteiger partial charge in [0.15, 0.2) is 0 Å². The lowest BCUT2D eigenvalue weighted by Gasteiger charge is -2.19. The van der Waals surface area contributed by atoms with Crippen molar-refractivity contribution in [1.82, 2.24) is 4.90 Å². The Morgan fingerprint density at radius 3 is 2.57 bits per heavy atom. The molecule has 23 heavy (non-hydrogen) atoms. The first-order valence-electron chi connectivity index (χ1n) is 7.21. The maximum Gasteiger partial charge on any atom is 0.321 e. The van der Waals surface area contributed by atoms with E-state index in [1.165, 1.54) is 7.11 Å². The van der Waals surface area contributed by atoms with Crippen LogP contribution < -0.4 is 16.4 Å². The number of hydrogen-bond acceptors (Lipinski definition) is 4. The number of nitrogens with two attached hydrogens (primary N) is 1. The van der Waals surface area contributed by atoms with Crippen LogP contribution in [-0.2, 0) is 9.53 Å². The van der Waals surface area contributed by atoms with Crippen LogP contribution in [0.4, 0.5) is 16.2 Å². The van der Waals surface area contributed by atoms with Crippen LogP contribution in [0.3, 0.4) is 0 Å². The molecule has 0 aliphatic carbocycles. The molecule has 1 aromatic rings. The first kappa shape index (κ1) is 19.2. The van der Waals surface area contributed by atoms with Crippen LogP contribution in [0.5, 0.6) is 0 Å². The Labute approximate surface area is 141 Å². The second-order valence-electron chi connectivity index (χ2n) is 5.38. The third kappa shape index (κ3) is 5.09. The van der Waals surface area contributed by atoms with Gasteiger partial charge in [0.25, 0.3) is 0 Å². The molecule has 1 atom stereocenters. The van der Waals surface area contributed by atoms with E-state index in [-0.39, 0.29) is 37.0 Å². The van der Waals surface area contributed by atoms with E-state index < -0.39 is 0 Å². The van der Waals surface area contributed by atoms with Crippen molar-refractivity contribution in [2.75, 3.05) is 37.4 Å². The molecule has 2 rings (SSSR count). The van der Waals surface area contributed by atoms with Gasteiger partial charge in [0.2, 0.25) is 5.91 Å². The minimum atomic E-state index is -0.236. The third-order valence-electron chi connectivity index (χ3n) is 3.64. The fraction of sp³-hybridized carbons (Fsp3) is 0.467. The van der Waals surface area contributed by atoms with Crippen molar-refractivity contribution < 1.29 is 14.3 Å². The number of hydrogen-bond donors (Lipinski definition) is 3. The molecule has 1 aliphatic heterocycles. The summed E-state index contributed by atoms with van der Waals surface area (Å²) in [7, 11) is 1.46. The highest BCUT2D eigenvalue weighted by atomic mass is 35.5. The molecule has 0 spiro atoms. The van der Waals surface area contributed by atoms with Crippen molar-refractivity contribution in [2.45, 2.75) is 19.4 Å². The number of methoxy groups -OCH3 is 1. The summed E-state index contributed by atoms with van der Waals surface area (Å²) in [5.41, 5.74) is 7.93. The Bertz CT molecular complexity index is 568. The molecule has 0 saturated carbocycles. The number of ether oxygens (including phenoxy) is 1. The van der Waals surface area contributed by atoms with Crippen molar-refractivity contribution >= 4 is 35.7 Å². The smallest absolute Gasteiger partial charge is 0.321 e. The van der Waals surface area contributed by atoms with Gasteiger partial charge in [-0.2, -0.15) is 0 Å². The lowest BCUT2D eigenvalue weighted by molar-refractivity contribution is -0.119. The summed E-state index contributed by atoms with van der Waals surface area (Å²) in [5.74, 6) is -0.236. The molecule has 1 saturated heterocycles. The van der Waals surface area contributed by atoms with Crippen LogP contribution >= 0.6 is 12.4 Å². The maximum absolute atomic E-state index is 12.2. The Morgan fingerprint density at radius 1 is 1.35 bits per heavy atom. The molecule has 1 unspecified atom stereocenters. The summed E-state index contributed by atoms with van der Waals surface area (Å²) in [6.07, 6.45) is 0.819. The molecule has 1 aromatic carbocycles. The van der Waals surface area contributed by atoms with Gasteiger partial charge in [-0.15, -0.1) is 12.4 Å². The highest BCUT2D eigenvalue weighted by molar-refractivity contribution is 5.95. The molecule has 128 valence electrons. The quantitative estimate of drug-likeness (QED) is 0.773. The average molecular weight is 343 g/mol. The van der Waals surface area contributed by atoms with Crippen molar-refractivity contribution in [1.29, 1.82) is 0 Å². The number of rotatable bonds is 4. The van der Waals surface area contributed by atoms with E-state index in [2.05, 4.69) is 10.6 Å². The summed E-state index contributed by atoms with van der Waals surface area (Å²) in [6, 6.07) is 5.24. The number of carbonyl (C=O) groups is 2. The van der Waals surface area contributed by atoms with Crippen LogP contribution in [0.15, 0.2) is 18.2 Å². The van der Waals surface area contributed by atoms with E-state index in [4.69, 9.17) is 10.5 Å². The van der Waals surface area contributed by atoms with E-state index >= 15 is 0 Å². The van der Waals surface area contributed by atoms with E-state index in [9.17, 15) is 9.59 Å². The number of urea groups is 1. The van der Waals surface area contributed by atoms with Gasteiger partial charge in [0, 0.05) is 37.6 Å². The minimum Gasteiger partial charge on any atom is -0.375 e. The van der Waals surface area contributed by atoms with Gasteiger partial charge in [0.1, 0.15) is 6.61 Å². The highest BCUT2D eigenvalue weighted by Gasteiger charge is 2.24. The summed E-state index contributed by atoms with van der Waals surface area (Å²) in [5, 5.41) is 5.62. The molecule has 0 bridgehead atoms. The van der Waals surface area contributed by atoms with Gasteiger partial charge < -0.3 is 26.0 Å². The van der Waals surface area contributed by atoms with E-state index in [0.717, 1.165) is 12.0 Å². The predicted molar refractivity (Wildman–Crippen MR) is 92.1 cm³/mol. The molecule has 1 fully saturated rings. The van der Waals surface area contributed by atoms with Gasteiger partial charge in [-0.3, -0.25) is 4.79 Å². The number of halogens is 1. The molecular formula is C15H23ClN4O3. The number of likely N-dealkylation sites (tertiary alicyclic amines) is 1. The zero-order valence-corrected chi connectivity index (χ0v) is 14.1. The number of anilines is 2. The van der Waals surface area contributed by atoms with Crippen LogP contribution in [-0.4, -0.2) is 49.7 Å². The lowest BCUT2D eigenvalue weighted by Crippen LogP contribution is -2.35. The van der Waals surface area contributed by atoms with Crippen LogP contribution in [0.1, 0.15) is 12.0 Å². The molecule has 3 amide bonds. The number of carbonyl (C=O) groups excluding carboxylic acids is 2.